The molecule has 0 amide bonds. The minimum Gasteiger partial charge on any atom is -0.387 e. The maximum absolute atomic E-state index is 7.39. The molecule has 0 aromatic rings. The van der Waals surface area contributed by atoms with E-state index in [1.54, 1.807) is 0 Å². The lowest BCUT2D eigenvalue weighted by Gasteiger charge is -2.22. The Balaban J connectivity index is 3.58. The number of hydrogen-bond acceptors (Lipinski definition) is 2. The van der Waals surface area contributed by atoms with Crippen molar-refractivity contribution < 1.29 is 0 Å². The number of hydrogen-bond donors (Lipinski definition) is 2. The molecule has 0 atom stereocenters. The van der Waals surface area contributed by atoms with Gasteiger partial charge in [0.1, 0.15) is 0 Å². The van der Waals surface area contributed by atoms with Gasteiger partial charge in [0, 0.05) is 5.41 Å². The van der Waals surface area contributed by atoms with E-state index in [-0.39, 0.29) is 5.41 Å². The van der Waals surface area contributed by atoms with E-state index in [4.69, 9.17) is 11.1 Å². The maximum Gasteiger partial charge on any atom is 0.0963 e. The molecule has 78 valence electrons. The zero-order valence-electron chi connectivity index (χ0n) is 9.18. The second-order valence-corrected chi connectivity index (χ2v) is 5.67. The molecule has 0 aromatic heterocycles. The molecule has 0 spiro atoms. The fourth-order valence-corrected chi connectivity index (χ4v) is 2.07. The zero-order valence-corrected chi connectivity index (χ0v) is 10.0. The van der Waals surface area contributed by atoms with Crippen LogP contribution in [0.15, 0.2) is 0 Å². The normalized spacial score (nSPS) is 12.1. The van der Waals surface area contributed by atoms with Crippen molar-refractivity contribution in [3.63, 3.8) is 0 Å². The van der Waals surface area contributed by atoms with E-state index in [1.807, 2.05) is 25.6 Å². The highest BCUT2D eigenvalue weighted by Gasteiger charge is 2.20. The molecular weight excluding hydrogens is 180 g/mol. The number of thioether (sulfide) groups is 1. The minimum absolute atomic E-state index is 0.121. The van der Waals surface area contributed by atoms with E-state index in [1.165, 1.54) is 5.75 Å². The first-order chi connectivity index (χ1) is 5.86. The van der Waals surface area contributed by atoms with Crippen LogP contribution in [0.5, 0.6) is 0 Å². The molecule has 0 radical (unpaired) electrons. The summed E-state index contributed by atoms with van der Waals surface area (Å²) in [7, 11) is 0. The van der Waals surface area contributed by atoms with E-state index in [2.05, 4.69) is 13.8 Å². The monoisotopic (exact) mass is 202 g/mol. The Morgan fingerprint density at radius 2 is 2.00 bits per heavy atom. The molecule has 0 aromatic carbocycles. The van der Waals surface area contributed by atoms with E-state index in [0.29, 0.717) is 5.84 Å². The van der Waals surface area contributed by atoms with Gasteiger partial charge in [-0.3, -0.25) is 5.41 Å². The lowest BCUT2D eigenvalue weighted by Crippen LogP contribution is -2.31. The molecule has 0 saturated carbocycles. The van der Waals surface area contributed by atoms with Crippen LogP contribution in [-0.2, 0) is 0 Å². The predicted octanol–water partition coefficient (Wildman–Crippen LogP) is 2.73. The molecule has 0 bridgehead atoms. The zero-order chi connectivity index (χ0) is 10.5. The lowest BCUT2D eigenvalue weighted by molar-refractivity contribution is 0.500. The van der Waals surface area contributed by atoms with Gasteiger partial charge in [0.25, 0.3) is 0 Å². The van der Waals surface area contributed by atoms with Crippen LogP contribution >= 0.6 is 11.8 Å². The fraction of sp³-hybridized carbons (Fsp3) is 0.900. The summed E-state index contributed by atoms with van der Waals surface area (Å²) in [5.74, 6) is 3.36. The topological polar surface area (TPSA) is 49.9 Å². The van der Waals surface area contributed by atoms with E-state index in [9.17, 15) is 0 Å². The van der Waals surface area contributed by atoms with Crippen LogP contribution in [-0.4, -0.2) is 17.3 Å². The summed E-state index contributed by atoms with van der Waals surface area (Å²) in [4.78, 5) is 0. The second-order valence-electron chi connectivity index (χ2n) is 4.52. The van der Waals surface area contributed by atoms with Crippen LogP contribution in [0.1, 0.15) is 34.1 Å². The lowest BCUT2D eigenvalue weighted by atomic mass is 9.89. The summed E-state index contributed by atoms with van der Waals surface area (Å²) in [5, 5.41) is 7.39. The van der Waals surface area contributed by atoms with Gasteiger partial charge in [-0.1, -0.05) is 27.7 Å². The van der Waals surface area contributed by atoms with Crippen molar-refractivity contribution in [2.75, 3.05) is 11.5 Å². The van der Waals surface area contributed by atoms with Crippen LogP contribution in [0.3, 0.4) is 0 Å². The van der Waals surface area contributed by atoms with Crippen molar-refractivity contribution in [2.24, 2.45) is 17.1 Å². The van der Waals surface area contributed by atoms with Gasteiger partial charge in [0.15, 0.2) is 0 Å². The second kappa shape index (κ2) is 5.53. The van der Waals surface area contributed by atoms with Crippen molar-refractivity contribution in [1.82, 2.24) is 0 Å². The number of rotatable bonds is 6. The van der Waals surface area contributed by atoms with Crippen LogP contribution in [0.2, 0.25) is 0 Å². The first-order valence-electron chi connectivity index (χ1n) is 4.78. The summed E-state index contributed by atoms with van der Waals surface area (Å²) >= 11 is 1.95. The first kappa shape index (κ1) is 12.8. The molecule has 3 N–H and O–H groups in total. The van der Waals surface area contributed by atoms with E-state index in [0.717, 1.165) is 18.1 Å². The fourth-order valence-electron chi connectivity index (χ4n) is 0.781. The van der Waals surface area contributed by atoms with Gasteiger partial charge in [-0.25, -0.2) is 0 Å². The Morgan fingerprint density at radius 3 is 2.38 bits per heavy atom. The van der Waals surface area contributed by atoms with Gasteiger partial charge in [-0.15, -0.1) is 0 Å². The average molecular weight is 202 g/mol. The Bertz CT molecular complexity index is 164. The Kier molecular flexibility index (Phi) is 5.45. The summed E-state index contributed by atoms with van der Waals surface area (Å²) in [6.07, 6.45) is 1.000. The molecule has 0 heterocycles. The molecule has 0 aliphatic rings. The van der Waals surface area contributed by atoms with Gasteiger partial charge in [-0.2, -0.15) is 11.8 Å². The van der Waals surface area contributed by atoms with E-state index >= 15 is 0 Å². The van der Waals surface area contributed by atoms with Crippen LogP contribution < -0.4 is 5.73 Å². The Morgan fingerprint density at radius 1 is 1.46 bits per heavy atom. The van der Waals surface area contributed by atoms with Crippen molar-refractivity contribution in [3.05, 3.63) is 0 Å². The Hall–Kier alpha value is -0.180. The molecule has 2 nitrogen and oxygen atoms in total. The number of amidine groups is 1. The SMILES string of the molecule is CC(C)CSCCC(C)(C)C(=N)N. The van der Waals surface area contributed by atoms with Gasteiger partial charge < -0.3 is 5.73 Å². The summed E-state index contributed by atoms with van der Waals surface area (Å²) < 4.78 is 0. The van der Waals surface area contributed by atoms with Crippen molar-refractivity contribution in [1.29, 1.82) is 5.41 Å². The highest BCUT2D eigenvalue weighted by molar-refractivity contribution is 7.99. The third-order valence-electron chi connectivity index (χ3n) is 2.05. The summed E-state index contributed by atoms with van der Waals surface area (Å²) in [6, 6.07) is 0. The standard InChI is InChI=1S/C10H22N2S/c1-8(2)7-13-6-5-10(3,4)9(11)12/h8H,5-7H2,1-4H3,(H3,11,12). The molecule has 0 aliphatic carbocycles. The number of nitrogens with one attached hydrogen (secondary N) is 1. The van der Waals surface area contributed by atoms with Crippen molar-refractivity contribution >= 4 is 17.6 Å². The average Bonchev–Trinajstić information content (AvgIpc) is 1.97. The predicted molar refractivity (Wildman–Crippen MR) is 62.5 cm³/mol. The molecule has 0 rings (SSSR count). The molecule has 0 unspecified atom stereocenters. The smallest absolute Gasteiger partial charge is 0.0963 e. The van der Waals surface area contributed by atoms with Gasteiger partial charge >= 0.3 is 0 Å². The number of nitrogens with two attached hydrogens (primary N) is 1. The van der Waals surface area contributed by atoms with Crippen molar-refractivity contribution in [2.45, 2.75) is 34.1 Å². The van der Waals surface area contributed by atoms with Crippen LogP contribution in [0, 0.1) is 16.7 Å². The molecule has 0 aliphatic heterocycles. The summed E-state index contributed by atoms with van der Waals surface area (Å²) in [6.45, 7) is 8.52. The van der Waals surface area contributed by atoms with E-state index < -0.39 is 0 Å². The quantitative estimate of drug-likeness (QED) is 0.395. The molecular formula is C10H22N2S. The first-order valence-corrected chi connectivity index (χ1v) is 5.94. The third kappa shape index (κ3) is 5.97. The highest BCUT2D eigenvalue weighted by Crippen LogP contribution is 2.23. The summed E-state index contributed by atoms with van der Waals surface area (Å²) in [5.41, 5.74) is 5.37. The molecule has 13 heavy (non-hydrogen) atoms. The largest absolute Gasteiger partial charge is 0.387 e. The third-order valence-corrected chi connectivity index (χ3v) is 3.45. The highest BCUT2D eigenvalue weighted by atomic mass is 32.2. The molecule has 0 fully saturated rings. The minimum atomic E-state index is -0.121. The van der Waals surface area contributed by atoms with Gasteiger partial charge in [-0.05, 0) is 23.8 Å². The van der Waals surface area contributed by atoms with Gasteiger partial charge in [0.05, 0.1) is 5.84 Å². The Labute approximate surface area is 86.2 Å². The van der Waals surface area contributed by atoms with Crippen molar-refractivity contribution in [3.8, 4) is 0 Å². The van der Waals surface area contributed by atoms with Crippen LogP contribution in [0.25, 0.3) is 0 Å². The molecule has 0 saturated heterocycles. The van der Waals surface area contributed by atoms with Gasteiger partial charge in [0.2, 0.25) is 0 Å². The molecule has 3 heteroatoms. The maximum atomic E-state index is 7.39. The van der Waals surface area contributed by atoms with Crippen LogP contribution in [0.4, 0.5) is 0 Å².